The Morgan fingerprint density at radius 2 is 2.14 bits per heavy atom. The normalized spacial score (nSPS) is 15.4. The van der Waals surface area contributed by atoms with Crippen molar-refractivity contribution in [2.75, 3.05) is 6.54 Å². The van der Waals surface area contributed by atoms with Gasteiger partial charge in [0.15, 0.2) is 0 Å². The highest BCUT2D eigenvalue weighted by Crippen LogP contribution is 2.37. The number of hydrogen-bond donors (Lipinski definition) is 3. The fourth-order valence-corrected chi connectivity index (χ4v) is 5.29. The molecule has 35 heavy (non-hydrogen) atoms. The molecule has 7 nitrogen and oxygen atoms in total. The van der Waals surface area contributed by atoms with Crippen molar-refractivity contribution in [2.45, 2.75) is 38.8 Å². The topological polar surface area (TPSA) is 86.2 Å². The van der Waals surface area contributed by atoms with Crippen LogP contribution in [0.25, 0.3) is 17.0 Å². The van der Waals surface area contributed by atoms with E-state index >= 15 is 0 Å². The predicted octanol–water partition coefficient (Wildman–Crippen LogP) is 4.46. The summed E-state index contributed by atoms with van der Waals surface area (Å²) in [5.41, 5.74) is 10.2. The standard InChI is InChI=1S/C28H31N5O2/c1-19-23(16-29-30-19)18-33(14-13-22-17-32(2)26-6-4-3-5-24(22)26)27-11-9-21-15-20(7-10-25(21)27)8-12-28(34)31-35/h3-8,10,12,15-17,27,35H,9,11,13-14,18H2,1-2H3,(H,29,30)(H,31,34)/b12-8+. The van der Waals surface area contributed by atoms with E-state index in [4.69, 9.17) is 5.21 Å². The molecule has 1 aliphatic rings. The molecule has 1 aliphatic carbocycles. The van der Waals surface area contributed by atoms with Gasteiger partial charge in [0.1, 0.15) is 0 Å². The summed E-state index contributed by atoms with van der Waals surface area (Å²) in [5, 5.41) is 17.4. The molecule has 7 heteroatoms. The van der Waals surface area contributed by atoms with Gasteiger partial charge in [-0.15, -0.1) is 0 Å². The monoisotopic (exact) mass is 469 g/mol. The maximum Gasteiger partial charge on any atom is 0.267 e. The van der Waals surface area contributed by atoms with Crippen LogP contribution in [-0.2, 0) is 31.2 Å². The number of aromatic amines is 1. The van der Waals surface area contributed by atoms with E-state index in [0.717, 1.165) is 43.6 Å². The summed E-state index contributed by atoms with van der Waals surface area (Å²) in [6.45, 7) is 3.87. The van der Waals surface area contributed by atoms with Crippen LogP contribution in [0.1, 0.15) is 46.0 Å². The molecule has 0 saturated carbocycles. The number of para-hydroxylation sites is 1. The van der Waals surface area contributed by atoms with E-state index in [1.807, 2.05) is 12.3 Å². The minimum absolute atomic E-state index is 0.327. The molecule has 2 aromatic carbocycles. The lowest BCUT2D eigenvalue weighted by molar-refractivity contribution is -0.124. The highest BCUT2D eigenvalue weighted by molar-refractivity contribution is 5.90. The molecule has 180 valence electrons. The Morgan fingerprint density at radius 1 is 1.29 bits per heavy atom. The predicted molar refractivity (Wildman–Crippen MR) is 137 cm³/mol. The van der Waals surface area contributed by atoms with Gasteiger partial charge in [0, 0.05) is 60.6 Å². The second kappa shape index (κ2) is 9.90. The molecule has 5 rings (SSSR count). The van der Waals surface area contributed by atoms with Crippen LogP contribution in [0, 0.1) is 6.92 Å². The summed E-state index contributed by atoms with van der Waals surface area (Å²) >= 11 is 0. The summed E-state index contributed by atoms with van der Waals surface area (Å²) in [5.74, 6) is -0.529. The van der Waals surface area contributed by atoms with Crippen molar-refractivity contribution in [3.63, 3.8) is 0 Å². The van der Waals surface area contributed by atoms with Crippen molar-refractivity contribution in [1.29, 1.82) is 0 Å². The number of amides is 1. The fourth-order valence-electron chi connectivity index (χ4n) is 5.29. The first-order chi connectivity index (χ1) is 17.0. The first kappa shape index (κ1) is 23.1. The number of H-pyrrole nitrogens is 1. The lowest BCUT2D eigenvalue weighted by Crippen LogP contribution is -2.29. The molecule has 3 N–H and O–H groups in total. The Hall–Kier alpha value is -3.68. The van der Waals surface area contributed by atoms with Crippen LogP contribution in [-0.4, -0.2) is 37.3 Å². The number of hydrogen-bond acceptors (Lipinski definition) is 4. The third kappa shape index (κ3) is 4.78. The zero-order valence-corrected chi connectivity index (χ0v) is 20.2. The zero-order valence-electron chi connectivity index (χ0n) is 20.2. The molecule has 0 aliphatic heterocycles. The Morgan fingerprint density at radius 3 is 2.94 bits per heavy atom. The molecule has 2 heterocycles. The maximum absolute atomic E-state index is 11.3. The van der Waals surface area contributed by atoms with Gasteiger partial charge in [-0.2, -0.15) is 5.10 Å². The number of nitrogens with one attached hydrogen (secondary N) is 2. The number of benzene rings is 2. The van der Waals surface area contributed by atoms with E-state index in [9.17, 15) is 4.79 Å². The van der Waals surface area contributed by atoms with E-state index in [0.29, 0.717) is 6.04 Å². The SMILES string of the molecule is Cc1[nH]ncc1CN(CCc1cn(C)c2ccccc12)C1CCc2cc(/C=C/C(=O)NO)ccc21. The number of carbonyl (C=O) groups excluding carboxylic acids is 1. The van der Waals surface area contributed by atoms with Crippen molar-refractivity contribution in [2.24, 2.45) is 7.05 Å². The third-order valence-corrected chi connectivity index (χ3v) is 7.15. The molecule has 0 fully saturated rings. The summed E-state index contributed by atoms with van der Waals surface area (Å²) in [7, 11) is 2.11. The van der Waals surface area contributed by atoms with Crippen LogP contribution in [0.15, 0.2) is 60.9 Å². The van der Waals surface area contributed by atoms with Crippen molar-refractivity contribution in [3.8, 4) is 0 Å². The van der Waals surface area contributed by atoms with Crippen LogP contribution < -0.4 is 5.48 Å². The number of rotatable bonds is 8. The molecule has 1 amide bonds. The van der Waals surface area contributed by atoms with Gasteiger partial charge in [-0.3, -0.25) is 20.0 Å². The van der Waals surface area contributed by atoms with E-state index in [-0.39, 0.29) is 0 Å². The Bertz CT molecular complexity index is 1380. The van der Waals surface area contributed by atoms with Crippen molar-refractivity contribution in [3.05, 3.63) is 94.4 Å². The van der Waals surface area contributed by atoms with Gasteiger partial charge in [0.05, 0.1) is 6.20 Å². The van der Waals surface area contributed by atoms with Gasteiger partial charge in [0.2, 0.25) is 0 Å². The quantitative estimate of drug-likeness (QED) is 0.202. The summed E-state index contributed by atoms with van der Waals surface area (Å²) in [6.07, 6.45) is 10.3. The number of aromatic nitrogens is 3. The molecular formula is C28H31N5O2. The molecule has 0 spiro atoms. The molecule has 0 bridgehead atoms. The lowest BCUT2D eigenvalue weighted by Gasteiger charge is -2.29. The van der Waals surface area contributed by atoms with Gasteiger partial charge in [-0.25, -0.2) is 5.48 Å². The summed E-state index contributed by atoms with van der Waals surface area (Å²) in [4.78, 5) is 13.9. The molecule has 1 unspecified atom stereocenters. The van der Waals surface area contributed by atoms with Gasteiger partial charge in [-0.1, -0.05) is 36.4 Å². The Balaban J connectivity index is 1.40. The average Bonchev–Trinajstić information content (AvgIpc) is 3.57. The molecule has 1 atom stereocenters. The Kier molecular flexibility index (Phi) is 6.53. The number of hydroxylamine groups is 1. The molecule has 0 radical (unpaired) electrons. The van der Waals surface area contributed by atoms with E-state index < -0.39 is 5.91 Å². The second-order valence-corrected chi connectivity index (χ2v) is 9.35. The second-order valence-electron chi connectivity index (χ2n) is 9.35. The van der Waals surface area contributed by atoms with Crippen LogP contribution in [0.3, 0.4) is 0 Å². The van der Waals surface area contributed by atoms with Crippen molar-refractivity contribution in [1.82, 2.24) is 25.1 Å². The first-order valence-corrected chi connectivity index (χ1v) is 12.0. The number of aryl methyl sites for hydroxylation is 3. The van der Waals surface area contributed by atoms with Gasteiger partial charge >= 0.3 is 0 Å². The van der Waals surface area contributed by atoms with Gasteiger partial charge < -0.3 is 4.57 Å². The van der Waals surface area contributed by atoms with Crippen LogP contribution in [0.5, 0.6) is 0 Å². The Labute approximate surface area is 205 Å². The molecule has 0 saturated heterocycles. The van der Waals surface area contributed by atoms with E-state index in [1.54, 1.807) is 11.6 Å². The first-order valence-electron chi connectivity index (χ1n) is 12.0. The van der Waals surface area contributed by atoms with E-state index in [1.165, 1.54) is 39.2 Å². The van der Waals surface area contributed by atoms with Crippen molar-refractivity contribution >= 4 is 22.9 Å². The third-order valence-electron chi connectivity index (χ3n) is 7.15. The number of carbonyl (C=O) groups is 1. The van der Waals surface area contributed by atoms with Gasteiger partial charge in [-0.05, 0) is 60.6 Å². The summed E-state index contributed by atoms with van der Waals surface area (Å²) < 4.78 is 2.21. The minimum atomic E-state index is -0.529. The van der Waals surface area contributed by atoms with Gasteiger partial charge in [0.25, 0.3) is 5.91 Å². The molecular weight excluding hydrogens is 438 g/mol. The molecule has 4 aromatic rings. The average molecular weight is 470 g/mol. The largest absolute Gasteiger partial charge is 0.350 e. The van der Waals surface area contributed by atoms with E-state index in [2.05, 4.69) is 76.2 Å². The maximum atomic E-state index is 11.3. The number of nitrogens with zero attached hydrogens (tertiary/aromatic N) is 3. The minimum Gasteiger partial charge on any atom is -0.350 e. The lowest BCUT2D eigenvalue weighted by atomic mass is 10.0. The fraction of sp³-hybridized carbons (Fsp3) is 0.286. The number of fused-ring (bicyclic) bond motifs is 2. The van der Waals surface area contributed by atoms with Crippen LogP contribution in [0.4, 0.5) is 0 Å². The molecule has 2 aromatic heterocycles. The zero-order chi connectivity index (χ0) is 24.4. The summed E-state index contributed by atoms with van der Waals surface area (Å²) in [6, 6.07) is 15.3. The highest BCUT2D eigenvalue weighted by Gasteiger charge is 2.28. The highest BCUT2D eigenvalue weighted by atomic mass is 16.5. The van der Waals surface area contributed by atoms with Crippen LogP contribution in [0.2, 0.25) is 0 Å². The smallest absolute Gasteiger partial charge is 0.267 e. The van der Waals surface area contributed by atoms with Crippen molar-refractivity contribution < 1.29 is 10.0 Å². The van der Waals surface area contributed by atoms with Crippen LogP contribution >= 0.6 is 0 Å².